The molecule has 0 saturated carbocycles. The third kappa shape index (κ3) is 5.69. The lowest BCUT2D eigenvalue weighted by Crippen LogP contribution is -2.33. The predicted octanol–water partition coefficient (Wildman–Crippen LogP) is 4.37. The van der Waals surface area contributed by atoms with Crippen LogP contribution in [-0.4, -0.2) is 49.2 Å². The normalized spacial score (nSPS) is 14.8. The van der Waals surface area contributed by atoms with Crippen LogP contribution in [0.2, 0.25) is 0 Å². The van der Waals surface area contributed by atoms with Crippen LogP contribution < -0.4 is 20.3 Å². The van der Waals surface area contributed by atoms with E-state index in [2.05, 4.69) is 15.6 Å². The van der Waals surface area contributed by atoms with Gasteiger partial charge in [-0.3, -0.25) is 14.5 Å². The lowest BCUT2D eigenvalue weighted by atomic mass is 10.0. The highest BCUT2D eigenvalue weighted by Crippen LogP contribution is 2.29. The topological polar surface area (TPSA) is 113 Å². The van der Waals surface area contributed by atoms with Gasteiger partial charge in [-0.1, -0.05) is 24.3 Å². The van der Waals surface area contributed by atoms with Crippen LogP contribution in [0.5, 0.6) is 5.75 Å². The van der Waals surface area contributed by atoms with Crippen LogP contribution in [0, 0.1) is 5.82 Å². The van der Waals surface area contributed by atoms with Gasteiger partial charge < -0.3 is 25.1 Å². The van der Waals surface area contributed by atoms with Crippen LogP contribution in [0.3, 0.4) is 0 Å². The number of ether oxygens (including phenoxy) is 2. The number of rotatable bonds is 8. The molecule has 3 aromatic carbocycles. The van der Waals surface area contributed by atoms with Crippen molar-refractivity contribution in [3.05, 3.63) is 83.8 Å². The molecule has 2 heterocycles. The average Bonchev–Trinajstić information content (AvgIpc) is 3.53. The van der Waals surface area contributed by atoms with Crippen LogP contribution in [0.15, 0.2) is 66.7 Å². The monoisotopic (exact) mass is 530 g/mol. The summed E-state index contributed by atoms with van der Waals surface area (Å²) in [5.74, 6) is -0.230. The quantitative estimate of drug-likeness (QED) is 0.313. The number of hydrogen-bond donors (Lipinski definition) is 3. The zero-order valence-corrected chi connectivity index (χ0v) is 21.4. The minimum atomic E-state index is -0.587. The first-order valence-corrected chi connectivity index (χ1v) is 12.4. The van der Waals surface area contributed by atoms with Crippen LogP contribution in [0.25, 0.3) is 22.0 Å². The van der Waals surface area contributed by atoms with Crippen molar-refractivity contribution in [3.8, 4) is 16.9 Å². The summed E-state index contributed by atoms with van der Waals surface area (Å²) in [4.78, 5) is 40.4. The van der Waals surface area contributed by atoms with E-state index in [0.717, 1.165) is 16.5 Å². The third-order valence-corrected chi connectivity index (χ3v) is 6.51. The first-order chi connectivity index (χ1) is 18.8. The number of amides is 3. The summed E-state index contributed by atoms with van der Waals surface area (Å²) in [6, 6.07) is 19.1. The largest absolute Gasteiger partial charge is 0.497 e. The number of nitrogens with zero attached hydrogens (tertiary/aromatic N) is 1. The highest BCUT2D eigenvalue weighted by molar-refractivity contribution is 5.98. The predicted molar refractivity (Wildman–Crippen MR) is 144 cm³/mol. The molecule has 1 saturated heterocycles. The van der Waals surface area contributed by atoms with Crippen molar-refractivity contribution in [1.82, 2.24) is 15.6 Å². The Morgan fingerprint density at radius 2 is 1.87 bits per heavy atom. The van der Waals surface area contributed by atoms with Gasteiger partial charge in [0.1, 0.15) is 23.4 Å². The number of H-pyrrole nitrogens is 1. The molecule has 3 amide bonds. The van der Waals surface area contributed by atoms with Crippen molar-refractivity contribution in [2.45, 2.75) is 19.6 Å². The van der Waals surface area contributed by atoms with Crippen LogP contribution in [0.1, 0.15) is 23.0 Å². The number of hydrogen-bond acceptors (Lipinski definition) is 5. The molecule has 10 heteroatoms. The Morgan fingerprint density at radius 1 is 1.08 bits per heavy atom. The van der Waals surface area contributed by atoms with Gasteiger partial charge in [0.15, 0.2) is 0 Å². The fourth-order valence-electron chi connectivity index (χ4n) is 4.44. The first-order valence-electron chi connectivity index (χ1n) is 12.4. The highest BCUT2D eigenvalue weighted by atomic mass is 19.1. The van der Waals surface area contributed by atoms with E-state index in [1.54, 1.807) is 37.4 Å². The number of cyclic esters (lactones) is 1. The Balaban J connectivity index is 1.21. The second-order valence-electron chi connectivity index (χ2n) is 9.23. The highest BCUT2D eigenvalue weighted by Gasteiger charge is 2.32. The van der Waals surface area contributed by atoms with Crippen LogP contribution in [0.4, 0.5) is 14.9 Å². The lowest BCUT2D eigenvalue weighted by Gasteiger charge is -2.15. The Kier molecular flexibility index (Phi) is 7.18. The molecule has 1 aliphatic heterocycles. The maximum Gasteiger partial charge on any atom is 0.414 e. The van der Waals surface area contributed by atoms with E-state index < -0.39 is 18.0 Å². The van der Waals surface area contributed by atoms with Gasteiger partial charge in [0.2, 0.25) is 5.91 Å². The molecule has 1 fully saturated rings. The minimum absolute atomic E-state index is 0.196. The summed E-state index contributed by atoms with van der Waals surface area (Å²) in [6.45, 7) is 2.09. The van der Waals surface area contributed by atoms with E-state index in [1.165, 1.54) is 17.9 Å². The summed E-state index contributed by atoms with van der Waals surface area (Å²) in [7, 11) is 1.59. The van der Waals surface area contributed by atoms with E-state index in [9.17, 15) is 14.4 Å². The zero-order valence-electron chi connectivity index (χ0n) is 21.4. The minimum Gasteiger partial charge on any atom is -0.497 e. The average molecular weight is 531 g/mol. The van der Waals surface area contributed by atoms with Crippen LogP contribution in [-0.2, 0) is 16.1 Å². The summed E-state index contributed by atoms with van der Waals surface area (Å²) in [5.41, 5.74) is 3.55. The second kappa shape index (κ2) is 10.9. The number of anilines is 1. The number of carbonyl (C=O) groups excluding carboxylic acids is 3. The lowest BCUT2D eigenvalue weighted by molar-refractivity contribution is -0.119. The van der Waals surface area contributed by atoms with E-state index in [4.69, 9.17) is 9.47 Å². The number of aromatic nitrogens is 1. The summed E-state index contributed by atoms with van der Waals surface area (Å²) >= 11 is 0. The molecule has 0 radical (unpaired) electrons. The molecule has 0 bridgehead atoms. The molecule has 4 aromatic rings. The van der Waals surface area contributed by atoms with E-state index in [1.807, 2.05) is 30.3 Å². The molecule has 9 nitrogen and oxygen atoms in total. The molecule has 39 heavy (non-hydrogen) atoms. The first kappa shape index (κ1) is 25.8. The standard InChI is InChI=1S/C29H27FN4O5/c1-17(35)31-15-23-16-34(29(37)39-23)21-7-9-24(25(30)13-21)19-5-3-18(4-6-19)14-32-28(36)27-12-20-11-22(38-2)8-10-26(20)33-27/h3-13,23,33H,14-16H2,1-2H3,(H,31,35)(H,32,36). The van der Waals surface area contributed by atoms with Crippen molar-refractivity contribution in [2.24, 2.45) is 0 Å². The van der Waals surface area contributed by atoms with Gasteiger partial charge in [0, 0.05) is 29.9 Å². The molecule has 1 unspecified atom stereocenters. The Hall–Kier alpha value is -4.86. The van der Waals surface area contributed by atoms with Crippen molar-refractivity contribution >= 4 is 34.5 Å². The van der Waals surface area contributed by atoms with E-state index in [0.29, 0.717) is 34.8 Å². The number of nitrogens with one attached hydrogen (secondary N) is 3. The fourth-order valence-corrected chi connectivity index (χ4v) is 4.44. The summed E-state index contributed by atoms with van der Waals surface area (Å²) in [5, 5.41) is 6.38. The van der Waals surface area contributed by atoms with Gasteiger partial charge in [-0.2, -0.15) is 0 Å². The number of halogens is 1. The maximum atomic E-state index is 15.0. The van der Waals surface area contributed by atoms with Crippen LogP contribution >= 0.6 is 0 Å². The van der Waals surface area contributed by atoms with Gasteiger partial charge in [-0.05, 0) is 53.6 Å². The number of benzene rings is 3. The molecule has 1 aromatic heterocycles. The zero-order chi connectivity index (χ0) is 27.5. The number of fused-ring (bicyclic) bond motifs is 1. The van der Waals surface area contributed by atoms with Gasteiger partial charge in [0.05, 0.1) is 25.9 Å². The number of aromatic amines is 1. The Bertz CT molecular complexity index is 1550. The van der Waals surface area contributed by atoms with Gasteiger partial charge in [0.25, 0.3) is 5.91 Å². The van der Waals surface area contributed by atoms with Gasteiger partial charge in [-0.15, -0.1) is 0 Å². The molecule has 200 valence electrons. The van der Waals surface area contributed by atoms with E-state index >= 15 is 4.39 Å². The molecule has 1 aliphatic rings. The van der Waals surface area contributed by atoms with Crippen molar-refractivity contribution < 1.29 is 28.2 Å². The summed E-state index contributed by atoms with van der Waals surface area (Å²) in [6.07, 6.45) is -1.09. The van der Waals surface area contributed by atoms with E-state index in [-0.39, 0.29) is 24.9 Å². The smallest absolute Gasteiger partial charge is 0.414 e. The van der Waals surface area contributed by atoms with Crippen molar-refractivity contribution in [1.29, 1.82) is 0 Å². The van der Waals surface area contributed by atoms with Crippen molar-refractivity contribution in [3.63, 3.8) is 0 Å². The molecular formula is C29H27FN4O5. The SMILES string of the molecule is COc1ccc2[nH]c(C(=O)NCc3ccc(-c4ccc(N5CC(CNC(C)=O)OC5=O)cc4F)cc3)cc2c1. The van der Waals surface area contributed by atoms with Gasteiger partial charge in [-0.25, -0.2) is 9.18 Å². The number of carbonyl (C=O) groups is 3. The molecule has 5 rings (SSSR count). The fraction of sp³-hybridized carbons (Fsp3) is 0.207. The molecule has 3 N–H and O–H groups in total. The number of methoxy groups -OCH3 is 1. The molecule has 1 atom stereocenters. The van der Waals surface area contributed by atoms with Crippen molar-refractivity contribution in [2.75, 3.05) is 25.1 Å². The molecule has 0 aliphatic carbocycles. The Morgan fingerprint density at radius 3 is 2.59 bits per heavy atom. The third-order valence-electron chi connectivity index (χ3n) is 6.51. The summed E-state index contributed by atoms with van der Waals surface area (Å²) < 4.78 is 25.5. The Labute approximate surface area is 223 Å². The second-order valence-corrected chi connectivity index (χ2v) is 9.23. The maximum absolute atomic E-state index is 15.0. The van der Waals surface area contributed by atoms with Gasteiger partial charge >= 0.3 is 6.09 Å². The molecular weight excluding hydrogens is 503 g/mol. The molecule has 0 spiro atoms.